The van der Waals surface area contributed by atoms with Gasteiger partial charge in [-0.05, 0) is 28.0 Å². The van der Waals surface area contributed by atoms with E-state index in [2.05, 4.69) is 60.7 Å². The smallest absolute Gasteiger partial charge is 0.272 e. The molecule has 1 heterocycles. The highest BCUT2D eigenvalue weighted by Crippen LogP contribution is 2.20. The van der Waals surface area contributed by atoms with E-state index in [1.807, 2.05) is 23.9 Å². The standard InChI is InChI=1S/C18H16N2.HI/c1-20-12-11-14(13-18(20)19)9-10-16-7-4-6-15-5-2-3-8-17(15)16;/h2-13,19H,1H3;1H/b10-9+;. The number of nitrogens with two attached hydrogens (primary N) is 1. The molecule has 1 aromatic heterocycles. The fraction of sp³-hybridized carbons (Fsp3) is 0.0556. The minimum absolute atomic E-state index is 0. The first-order chi connectivity index (χ1) is 9.74. The summed E-state index contributed by atoms with van der Waals surface area (Å²) in [5.74, 6) is 0.755. The Hall–Kier alpha value is -1.88. The van der Waals surface area contributed by atoms with Crippen molar-refractivity contribution in [2.45, 2.75) is 0 Å². The predicted molar refractivity (Wildman–Crippen MR) is 84.9 cm³/mol. The van der Waals surface area contributed by atoms with Crippen molar-refractivity contribution < 1.29 is 28.5 Å². The maximum absolute atomic E-state index is 5.91. The molecule has 0 saturated heterocycles. The van der Waals surface area contributed by atoms with Gasteiger partial charge in [-0.1, -0.05) is 54.6 Å². The molecule has 0 fully saturated rings. The summed E-state index contributed by atoms with van der Waals surface area (Å²) in [5, 5.41) is 2.52. The van der Waals surface area contributed by atoms with Gasteiger partial charge in [0.25, 0.3) is 5.82 Å². The van der Waals surface area contributed by atoms with E-state index < -0.39 is 0 Å². The summed E-state index contributed by atoms with van der Waals surface area (Å²) in [7, 11) is 1.94. The number of anilines is 1. The van der Waals surface area contributed by atoms with E-state index in [-0.39, 0.29) is 24.0 Å². The van der Waals surface area contributed by atoms with E-state index >= 15 is 0 Å². The molecule has 0 bridgehead atoms. The zero-order valence-corrected chi connectivity index (χ0v) is 14.0. The van der Waals surface area contributed by atoms with Crippen molar-refractivity contribution in [3.8, 4) is 0 Å². The van der Waals surface area contributed by atoms with Gasteiger partial charge in [0.15, 0.2) is 0 Å². The SMILES string of the molecule is C[n+]1ccc(/C=C/c2cccc3ccccc23)cc1N.[I-]. The summed E-state index contributed by atoms with van der Waals surface area (Å²) in [4.78, 5) is 0. The zero-order chi connectivity index (χ0) is 13.9. The molecule has 0 unspecified atom stereocenters. The molecule has 3 heteroatoms. The summed E-state index contributed by atoms with van der Waals surface area (Å²) < 4.78 is 1.90. The molecular weight excluding hydrogens is 371 g/mol. The highest BCUT2D eigenvalue weighted by molar-refractivity contribution is 5.92. The average molecular weight is 388 g/mol. The lowest BCUT2D eigenvalue weighted by Gasteiger charge is -2.02. The second kappa shape index (κ2) is 6.72. The van der Waals surface area contributed by atoms with Crippen molar-refractivity contribution in [2.24, 2.45) is 7.05 Å². The van der Waals surface area contributed by atoms with Crippen LogP contribution in [0.25, 0.3) is 22.9 Å². The lowest BCUT2D eigenvalue weighted by Crippen LogP contribution is -3.00. The number of aryl methyl sites for hydroxylation is 1. The lowest BCUT2D eigenvalue weighted by atomic mass is 10.0. The van der Waals surface area contributed by atoms with Crippen molar-refractivity contribution in [3.63, 3.8) is 0 Å². The molecule has 0 aliphatic rings. The number of benzene rings is 2. The Morgan fingerprint density at radius 3 is 2.52 bits per heavy atom. The molecular formula is C18H17IN2. The van der Waals surface area contributed by atoms with Crippen LogP contribution in [0.2, 0.25) is 0 Å². The molecule has 2 aromatic carbocycles. The zero-order valence-electron chi connectivity index (χ0n) is 11.8. The van der Waals surface area contributed by atoms with Gasteiger partial charge in [0.2, 0.25) is 0 Å². The molecule has 0 amide bonds. The van der Waals surface area contributed by atoms with Crippen molar-refractivity contribution in [1.82, 2.24) is 0 Å². The summed E-state index contributed by atoms with van der Waals surface area (Å²) in [6.07, 6.45) is 6.20. The van der Waals surface area contributed by atoms with E-state index in [0.29, 0.717) is 0 Å². The van der Waals surface area contributed by atoms with Crippen molar-refractivity contribution >= 4 is 28.7 Å². The summed E-state index contributed by atoms with van der Waals surface area (Å²) >= 11 is 0. The van der Waals surface area contributed by atoms with Crippen LogP contribution in [-0.4, -0.2) is 0 Å². The molecule has 0 spiro atoms. The molecule has 21 heavy (non-hydrogen) atoms. The molecule has 2 N–H and O–H groups in total. The van der Waals surface area contributed by atoms with Gasteiger partial charge in [-0.3, -0.25) is 5.73 Å². The Labute approximate surface area is 141 Å². The van der Waals surface area contributed by atoms with Crippen molar-refractivity contribution in [3.05, 3.63) is 71.9 Å². The monoisotopic (exact) mass is 388 g/mol. The van der Waals surface area contributed by atoms with Crippen LogP contribution in [0.4, 0.5) is 5.82 Å². The maximum Gasteiger partial charge on any atom is 0.272 e. The van der Waals surface area contributed by atoms with E-state index in [9.17, 15) is 0 Å². The van der Waals surface area contributed by atoms with Crippen LogP contribution in [0.3, 0.4) is 0 Å². The van der Waals surface area contributed by atoms with Gasteiger partial charge in [-0.25, -0.2) is 4.57 Å². The van der Waals surface area contributed by atoms with Crippen LogP contribution in [0, 0.1) is 0 Å². The van der Waals surface area contributed by atoms with Gasteiger partial charge in [0.05, 0.1) is 13.2 Å². The summed E-state index contributed by atoms with van der Waals surface area (Å²) in [6, 6.07) is 18.8. The van der Waals surface area contributed by atoms with Gasteiger partial charge < -0.3 is 24.0 Å². The molecule has 0 aliphatic heterocycles. The van der Waals surface area contributed by atoms with Gasteiger partial charge in [-0.2, -0.15) is 0 Å². The number of hydrogen-bond donors (Lipinski definition) is 1. The fourth-order valence-electron chi connectivity index (χ4n) is 2.29. The number of aromatic nitrogens is 1. The summed E-state index contributed by atoms with van der Waals surface area (Å²) in [5.41, 5.74) is 8.23. The van der Waals surface area contributed by atoms with Gasteiger partial charge in [0.1, 0.15) is 0 Å². The lowest BCUT2D eigenvalue weighted by molar-refractivity contribution is -0.656. The van der Waals surface area contributed by atoms with Crippen molar-refractivity contribution in [1.29, 1.82) is 0 Å². The Balaban J connectivity index is 0.00000161. The minimum atomic E-state index is 0. The number of halogens is 1. The number of pyridine rings is 1. The van der Waals surface area contributed by atoms with E-state index in [1.165, 1.54) is 16.3 Å². The first-order valence-electron chi connectivity index (χ1n) is 6.65. The van der Waals surface area contributed by atoms with Crippen LogP contribution in [0.1, 0.15) is 11.1 Å². The third-order valence-corrected chi connectivity index (χ3v) is 3.49. The van der Waals surface area contributed by atoms with Crippen LogP contribution >= 0.6 is 0 Å². The van der Waals surface area contributed by atoms with Crippen molar-refractivity contribution in [2.75, 3.05) is 5.73 Å². The van der Waals surface area contributed by atoms with E-state index in [0.717, 1.165) is 11.4 Å². The van der Waals surface area contributed by atoms with Crippen LogP contribution in [0.5, 0.6) is 0 Å². The maximum atomic E-state index is 5.91. The Kier molecular flexibility index (Phi) is 4.96. The number of hydrogen-bond acceptors (Lipinski definition) is 1. The minimum Gasteiger partial charge on any atom is -1.00 e. The second-order valence-electron chi connectivity index (χ2n) is 4.90. The highest BCUT2D eigenvalue weighted by atomic mass is 127. The topological polar surface area (TPSA) is 29.9 Å². The van der Waals surface area contributed by atoms with E-state index in [4.69, 9.17) is 5.73 Å². The summed E-state index contributed by atoms with van der Waals surface area (Å²) in [6.45, 7) is 0. The van der Waals surface area contributed by atoms with Gasteiger partial charge >= 0.3 is 0 Å². The number of fused-ring (bicyclic) bond motifs is 1. The normalized spacial score (nSPS) is 10.7. The van der Waals surface area contributed by atoms with Crippen LogP contribution in [0.15, 0.2) is 60.8 Å². The Morgan fingerprint density at radius 2 is 1.71 bits per heavy atom. The third kappa shape index (κ3) is 3.42. The molecule has 3 rings (SSSR count). The molecule has 0 aliphatic carbocycles. The van der Waals surface area contributed by atoms with E-state index in [1.54, 1.807) is 0 Å². The Morgan fingerprint density at radius 1 is 0.952 bits per heavy atom. The first kappa shape index (κ1) is 15.5. The number of nitrogens with zero attached hydrogens (tertiary/aromatic N) is 1. The van der Waals surface area contributed by atoms with Gasteiger partial charge in [-0.15, -0.1) is 0 Å². The number of rotatable bonds is 2. The van der Waals surface area contributed by atoms with Gasteiger partial charge in [0, 0.05) is 6.07 Å². The molecule has 0 saturated carbocycles. The predicted octanol–water partition coefficient (Wildman–Crippen LogP) is 0.421. The highest BCUT2D eigenvalue weighted by Gasteiger charge is 2.00. The molecule has 3 aromatic rings. The second-order valence-corrected chi connectivity index (χ2v) is 4.90. The molecule has 0 atom stereocenters. The van der Waals surface area contributed by atoms with Crippen LogP contribution < -0.4 is 34.3 Å². The molecule has 2 nitrogen and oxygen atoms in total. The Bertz CT molecular complexity index is 789. The quantitative estimate of drug-likeness (QED) is 0.501. The third-order valence-electron chi connectivity index (χ3n) is 3.49. The largest absolute Gasteiger partial charge is 1.00 e. The molecule has 0 radical (unpaired) electrons. The van der Waals surface area contributed by atoms with Crippen LogP contribution in [-0.2, 0) is 7.05 Å². The molecule has 106 valence electrons. The number of nitrogen functional groups attached to an aromatic ring is 1. The average Bonchev–Trinajstić information content (AvgIpc) is 2.48. The first-order valence-corrected chi connectivity index (χ1v) is 6.65. The fourth-order valence-corrected chi connectivity index (χ4v) is 2.29.